The lowest BCUT2D eigenvalue weighted by Gasteiger charge is -2.16. The number of amides is 1. The summed E-state index contributed by atoms with van der Waals surface area (Å²) in [6.45, 7) is 4.40. The fraction of sp³-hybridized carbons (Fsp3) is 0.444. The van der Waals surface area contributed by atoms with Crippen molar-refractivity contribution in [2.45, 2.75) is 38.6 Å². The number of nitrogens with one attached hydrogen (secondary N) is 1. The Balaban J connectivity index is 1.68. The third-order valence-corrected chi connectivity index (χ3v) is 4.08. The van der Waals surface area contributed by atoms with Gasteiger partial charge in [0.05, 0.1) is 19.8 Å². The third-order valence-electron chi connectivity index (χ3n) is 4.08. The lowest BCUT2D eigenvalue weighted by atomic mass is 10.1. The topological polar surface area (TPSA) is 73.6 Å². The molecule has 128 valence electrons. The highest BCUT2D eigenvalue weighted by molar-refractivity contribution is 5.92. The lowest BCUT2D eigenvalue weighted by Crippen LogP contribution is -2.26. The van der Waals surface area contributed by atoms with Crippen LogP contribution in [0.15, 0.2) is 28.8 Å². The Morgan fingerprint density at radius 2 is 2.17 bits per heavy atom. The summed E-state index contributed by atoms with van der Waals surface area (Å²) in [5.74, 6) is 2.33. The number of nitrogens with zero attached hydrogens (tertiary/aromatic N) is 1. The second kappa shape index (κ2) is 6.95. The van der Waals surface area contributed by atoms with Gasteiger partial charge in [-0.1, -0.05) is 11.2 Å². The van der Waals surface area contributed by atoms with Gasteiger partial charge in [-0.05, 0) is 44.4 Å². The molecule has 1 aromatic heterocycles. The van der Waals surface area contributed by atoms with Gasteiger partial charge in [0.15, 0.2) is 17.2 Å². The third kappa shape index (κ3) is 3.53. The molecular formula is C18H22N2O4. The summed E-state index contributed by atoms with van der Waals surface area (Å²) in [4.78, 5) is 12.3. The molecule has 6 heteroatoms. The first-order valence-electron chi connectivity index (χ1n) is 8.20. The standard InChI is InChI=1S/C18H22N2O4/c1-4-23-15-8-7-13(9-17(15)22-3)11(2)19-18(21)14-10-16(24-20-14)12-5-6-12/h7-12H,4-6H2,1-3H3,(H,19,21)/t11-/m0/s1. The van der Waals surface area contributed by atoms with E-state index >= 15 is 0 Å². The van der Waals surface area contributed by atoms with E-state index < -0.39 is 0 Å². The molecule has 1 amide bonds. The van der Waals surface area contributed by atoms with Gasteiger partial charge in [0.25, 0.3) is 5.91 Å². The van der Waals surface area contributed by atoms with Crippen LogP contribution in [0.1, 0.15) is 60.5 Å². The molecule has 0 unspecified atom stereocenters. The number of ether oxygens (including phenoxy) is 2. The normalized spacial score (nSPS) is 15.0. The van der Waals surface area contributed by atoms with Crippen LogP contribution in [0.3, 0.4) is 0 Å². The number of hydrogen-bond donors (Lipinski definition) is 1. The largest absolute Gasteiger partial charge is 0.493 e. The first-order chi connectivity index (χ1) is 11.6. The number of hydrogen-bond acceptors (Lipinski definition) is 5. The SMILES string of the molecule is CCOc1ccc([C@H](C)NC(=O)c2cc(C3CC3)on2)cc1OC. The maximum absolute atomic E-state index is 12.3. The molecule has 0 bridgehead atoms. The zero-order valence-electron chi connectivity index (χ0n) is 14.2. The summed E-state index contributed by atoms with van der Waals surface area (Å²) < 4.78 is 16.1. The molecular weight excluding hydrogens is 308 g/mol. The van der Waals surface area contributed by atoms with E-state index in [1.165, 1.54) is 0 Å². The maximum atomic E-state index is 12.3. The molecule has 0 saturated heterocycles. The number of carbonyl (C=O) groups excluding carboxylic acids is 1. The Bertz CT molecular complexity index is 722. The Hall–Kier alpha value is -2.50. The van der Waals surface area contributed by atoms with Crippen molar-refractivity contribution in [1.29, 1.82) is 0 Å². The van der Waals surface area contributed by atoms with E-state index in [-0.39, 0.29) is 11.9 Å². The fourth-order valence-electron chi connectivity index (χ4n) is 2.54. The van der Waals surface area contributed by atoms with Gasteiger partial charge in [-0.3, -0.25) is 4.79 Å². The van der Waals surface area contributed by atoms with Gasteiger partial charge in [0.1, 0.15) is 5.76 Å². The molecule has 0 aliphatic heterocycles. The van der Waals surface area contributed by atoms with Gasteiger partial charge in [-0.15, -0.1) is 0 Å². The molecule has 1 atom stereocenters. The van der Waals surface area contributed by atoms with Crippen LogP contribution in [-0.4, -0.2) is 24.8 Å². The van der Waals surface area contributed by atoms with Crippen molar-refractivity contribution in [3.63, 3.8) is 0 Å². The van der Waals surface area contributed by atoms with Crippen LogP contribution in [0.4, 0.5) is 0 Å². The smallest absolute Gasteiger partial charge is 0.273 e. The highest BCUT2D eigenvalue weighted by atomic mass is 16.5. The van der Waals surface area contributed by atoms with Gasteiger partial charge < -0.3 is 19.3 Å². The number of methoxy groups -OCH3 is 1. The van der Waals surface area contributed by atoms with Crippen molar-refractivity contribution in [2.24, 2.45) is 0 Å². The Labute approximate surface area is 141 Å². The Kier molecular flexibility index (Phi) is 4.74. The Morgan fingerprint density at radius 3 is 2.83 bits per heavy atom. The van der Waals surface area contributed by atoms with Gasteiger partial charge in [-0.25, -0.2) is 0 Å². The van der Waals surface area contributed by atoms with Crippen LogP contribution in [-0.2, 0) is 0 Å². The molecule has 1 aliphatic carbocycles. The van der Waals surface area contributed by atoms with Gasteiger partial charge >= 0.3 is 0 Å². The molecule has 2 aromatic rings. The zero-order chi connectivity index (χ0) is 17.1. The van der Waals surface area contributed by atoms with Gasteiger partial charge in [-0.2, -0.15) is 0 Å². The molecule has 1 aromatic carbocycles. The van der Waals surface area contributed by atoms with Crippen molar-refractivity contribution in [3.8, 4) is 11.5 Å². The van der Waals surface area contributed by atoms with E-state index in [0.29, 0.717) is 29.7 Å². The van der Waals surface area contributed by atoms with Crippen molar-refractivity contribution < 1.29 is 18.8 Å². The summed E-state index contributed by atoms with van der Waals surface area (Å²) in [7, 11) is 1.60. The monoisotopic (exact) mass is 330 g/mol. The van der Waals surface area contributed by atoms with Crippen molar-refractivity contribution in [1.82, 2.24) is 10.5 Å². The van der Waals surface area contributed by atoms with Crippen molar-refractivity contribution in [3.05, 3.63) is 41.3 Å². The van der Waals surface area contributed by atoms with E-state index in [9.17, 15) is 4.79 Å². The van der Waals surface area contributed by atoms with Crippen molar-refractivity contribution >= 4 is 5.91 Å². The molecule has 3 rings (SSSR count). The molecule has 24 heavy (non-hydrogen) atoms. The van der Waals surface area contributed by atoms with Crippen LogP contribution in [0, 0.1) is 0 Å². The van der Waals surface area contributed by atoms with E-state index in [1.54, 1.807) is 13.2 Å². The summed E-state index contributed by atoms with van der Waals surface area (Å²) in [6.07, 6.45) is 2.22. The van der Waals surface area contributed by atoms with Crippen molar-refractivity contribution in [2.75, 3.05) is 13.7 Å². The van der Waals surface area contributed by atoms with Gasteiger partial charge in [0.2, 0.25) is 0 Å². The average molecular weight is 330 g/mol. The second-order valence-corrected chi connectivity index (χ2v) is 5.93. The van der Waals surface area contributed by atoms with E-state index in [2.05, 4.69) is 10.5 Å². The first-order valence-corrected chi connectivity index (χ1v) is 8.20. The molecule has 1 heterocycles. The van der Waals surface area contributed by atoms with E-state index in [0.717, 1.165) is 24.2 Å². The van der Waals surface area contributed by atoms with Crippen LogP contribution >= 0.6 is 0 Å². The van der Waals surface area contributed by atoms with E-state index in [1.807, 2.05) is 32.0 Å². The average Bonchev–Trinajstić information content (AvgIpc) is 3.32. The number of aromatic nitrogens is 1. The predicted molar refractivity (Wildman–Crippen MR) is 88.5 cm³/mol. The summed E-state index contributed by atoms with van der Waals surface area (Å²) >= 11 is 0. The molecule has 1 fully saturated rings. The Morgan fingerprint density at radius 1 is 1.38 bits per heavy atom. The van der Waals surface area contributed by atoms with Crippen LogP contribution in [0.25, 0.3) is 0 Å². The van der Waals surface area contributed by atoms with Gasteiger partial charge in [0, 0.05) is 12.0 Å². The minimum Gasteiger partial charge on any atom is -0.493 e. The number of rotatable bonds is 7. The van der Waals surface area contributed by atoms with Crippen LogP contribution in [0.5, 0.6) is 11.5 Å². The molecule has 1 saturated carbocycles. The second-order valence-electron chi connectivity index (χ2n) is 5.93. The molecule has 0 radical (unpaired) electrons. The first kappa shape index (κ1) is 16.4. The lowest BCUT2D eigenvalue weighted by molar-refractivity contribution is 0.0930. The molecule has 0 spiro atoms. The highest BCUT2D eigenvalue weighted by Gasteiger charge is 2.29. The number of benzene rings is 1. The summed E-state index contributed by atoms with van der Waals surface area (Å²) in [5.41, 5.74) is 1.25. The van der Waals surface area contributed by atoms with Crippen LogP contribution in [0.2, 0.25) is 0 Å². The molecule has 1 N–H and O–H groups in total. The minimum atomic E-state index is -0.244. The highest BCUT2D eigenvalue weighted by Crippen LogP contribution is 2.40. The zero-order valence-corrected chi connectivity index (χ0v) is 14.2. The maximum Gasteiger partial charge on any atom is 0.273 e. The minimum absolute atomic E-state index is 0.192. The number of carbonyl (C=O) groups is 1. The van der Waals surface area contributed by atoms with E-state index in [4.69, 9.17) is 14.0 Å². The quantitative estimate of drug-likeness (QED) is 0.841. The molecule has 6 nitrogen and oxygen atoms in total. The fourth-order valence-corrected chi connectivity index (χ4v) is 2.54. The summed E-state index contributed by atoms with van der Waals surface area (Å²) in [5, 5.41) is 6.79. The van der Waals surface area contributed by atoms with Crippen LogP contribution < -0.4 is 14.8 Å². The predicted octanol–water partition coefficient (Wildman–Crippen LogP) is 3.45. The molecule has 1 aliphatic rings. The summed E-state index contributed by atoms with van der Waals surface area (Å²) in [6, 6.07) is 7.17.